The lowest BCUT2D eigenvalue weighted by molar-refractivity contribution is -0.215. The highest BCUT2D eigenvalue weighted by Gasteiger charge is 2.23. The second-order valence-corrected chi connectivity index (χ2v) is 9.68. The van der Waals surface area contributed by atoms with Gasteiger partial charge in [-0.2, -0.15) is 4.89 Å². The zero-order valence-electron chi connectivity index (χ0n) is 15.1. The third-order valence-corrected chi connectivity index (χ3v) is 7.32. The van der Waals surface area contributed by atoms with Crippen molar-refractivity contribution in [1.82, 2.24) is 4.90 Å². The average molecular weight is 368 g/mol. The van der Waals surface area contributed by atoms with Gasteiger partial charge in [0.05, 0.1) is 17.6 Å². The van der Waals surface area contributed by atoms with Crippen molar-refractivity contribution < 1.29 is 18.2 Å². The molecule has 0 atom stereocenters. The van der Waals surface area contributed by atoms with Crippen molar-refractivity contribution in [2.75, 3.05) is 50.0 Å². The van der Waals surface area contributed by atoms with E-state index in [1.165, 1.54) is 11.3 Å². The number of benzene rings is 1. The van der Waals surface area contributed by atoms with E-state index in [2.05, 4.69) is 15.9 Å². The average Bonchev–Trinajstić information content (AvgIpc) is 2.61. The largest absolute Gasteiger partial charge is 0.369 e. The Morgan fingerprint density at radius 2 is 1.92 bits per heavy atom. The van der Waals surface area contributed by atoms with Gasteiger partial charge in [-0.15, -0.1) is 0 Å². The monoisotopic (exact) mass is 368 g/mol. The molecular weight excluding hydrogens is 340 g/mol. The molecule has 0 spiro atoms. The molecule has 140 valence electrons. The lowest BCUT2D eigenvalue weighted by atomic mass is 10.1. The van der Waals surface area contributed by atoms with Crippen LogP contribution < -0.4 is 9.79 Å². The van der Waals surface area contributed by atoms with Crippen LogP contribution in [0.2, 0.25) is 0 Å². The molecule has 2 aliphatic heterocycles. The van der Waals surface area contributed by atoms with Crippen molar-refractivity contribution in [3.05, 3.63) is 23.8 Å². The molecule has 1 aromatic carbocycles. The van der Waals surface area contributed by atoms with Gasteiger partial charge in [-0.25, -0.2) is 8.42 Å². The van der Waals surface area contributed by atoms with Gasteiger partial charge in [0.1, 0.15) is 0 Å². The Bertz CT molecular complexity index is 682. The van der Waals surface area contributed by atoms with Crippen molar-refractivity contribution in [2.24, 2.45) is 0 Å². The fraction of sp³-hybridized carbons (Fsp3) is 0.667. The molecule has 0 unspecified atom stereocenters. The van der Waals surface area contributed by atoms with Crippen LogP contribution >= 0.6 is 0 Å². The van der Waals surface area contributed by atoms with Crippen LogP contribution in [0.1, 0.15) is 25.8 Å². The SMILES string of the molecule is CC(C)S(=O)(=O)CCCN1CCN(c2cccc3c2CCOO3)CC1. The van der Waals surface area contributed by atoms with Crippen molar-refractivity contribution in [3.8, 4) is 5.75 Å². The Hall–Kier alpha value is -1.31. The van der Waals surface area contributed by atoms with Gasteiger partial charge >= 0.3 is 0 Å². The van der Waals surface area contributed by atoms with Gasteiger partial charge in [-0.3, -0.25) is 4.90 Å². The Labute approximate surface area is 150 Å². The van der Waals surface area contributed by atoms with Gasteiger partial charge in [0.2, 0.25) is 0 Å². The predicted molar refractivity (Wildman–Crippen MR) is 98.9 cm³/mol. The van der Waals surface area contributed by atoms with Gasteiger partial charge in [0, 0.05) is 43.9 Å². The van der Waals surface area contributed by atoms with E-state index in [1.54, 1.807) is 13.8 Å². The first kappa shape index (κ1) is 18.5. The van der Waals surface area contributed by atoms with E-state index in [4.69, 9.17) is 9.78 Å². The number of fused-ring (bicyclic) bond motifs is 1. The first-order chi connectivity index (χ1) is 12.0. The number of sulfone groups is 1. The Balaban J connectivity index is 1.51. The fourth-order valence-electron chi connectivity index (χ4n) is 3.37. The zero-order valence-corrected chi connectivity index (χ0v) is 15.9. The van der Waals surface area contributed by atoms with Gasteiger partial charge in [0.15, 0.2) is 15.6 Å². The number of rotatable bonds is 6. The van der Waals surface area contributed by atoms with Crippen LogP contribution in [-0.4, -0.2) is 63.7 Å². The van der Waals surface area contributed by atoms with Crippen LogP contribution in [-0.2, 0) is 21.1 Å². The molecular formula is C18H28N2O4S. The standard InChI is InChI=1S/C18H28N2O4S/c1-15(2)25(21,22)14-4-8-19-9-11-20(12-10-19)17-5-3-6-18-16(17)7-13-23-24-18/h3,5-6,15H,4,7-14H2,1-2H3. The molecule has 6 nitrogen and oxygen atoms in total. The molecule has 2 heterocycles. The molecule has 25 heavy (non-hydrogen) atoms. The fourth-order valence-corrected chi connectivity index (χ4v) is 4.37. The van der Waals surface area contributed by atoms with Crippen LogP contribution in [0.4, 0.5) is 5.69 Å². The maximum atomic E-state index is 11.9. The summed E-state index contributed by atoms with van der Waals surface area (Å²) in [4.78, 5) is 15.1. The molecule has 0 saturated carbocycles. The van der Waals surface area contributed by atoms with E-state index in [0.717, 1.165) is 44.9 Å². The van der Waals surface area contributed by atoms with Crippen molar-refractivity contribution in [2.45, 2.75) is 31.9 Å². The van der Waals surface area contributed by atoms with Crippen molar-refractivity contribution >= 4 is 15.5 Å². The van der Waals surface area contributed by atoms with Crippen LogP contribution in [0.25, 0.3) is 0 Å². The number of hydrogen-bond donors (Lipinski definition) is 0. The summed E-state index contributed by atoms with van der Waals surface area (Å²) in [5.74, 6) is 1.11. The first-order valence-electron chi connectivity index (χ1n) is 9.07. The molecule has 1 saturated heterocycles. The molecule has 3 rings (SSSR count). The summed E-state index contributed by atoms with van der Waals surface area (Å²) in [5, 5.41) is -0.278. The molecule has 0 radical (unpaired) electrons. The van der Waals surface area contributed by atoms with Crippen molar-refractivity contribution in [1.29, 1.82) is 0 Å². The summed E-state index contributed by atoms with van der Waals surface area (Å²) < 4.78 is 23.8. The van der Waals surface area contributed by atoms with E-state index < -0.39 is 9.84 Å². The second kappa shape index (κ2) is 7.93. The summed E-state index contributed by atoms with van der Waals surface area (Å²) in [6.45, 7) is 8.78. The minimum absolute atomic E-state index is 0.278. The highest BCUT2D eigenvalue weighted by molar-refractivity contribution is 7.91. The Kier molecular flexibility index (Phi) is 5.86. The second-order valence-electron chi connectivity index (χ2n) is 7.01. The number of piperazine rings is 1. The maximum Gasteiger partial charge on any atom is 0.170 e. The number of nitrogens with zero attached hydrogens (tertiary/aromatic N) is 2. The Morgan fingerprint density at radius 3 is 2.64 bits per heavy atom. The maximum absolute atomic E-state index is 11.9. The number of hydrogen-bond acceptors (Lipinski definition) is 6. The molecule has 0 aliphatic carbocycles. The van der Waals surface area contributed by atoms with Crippen LogP contribution in [0.5, 0.6) is 5.75 Å². The summed E-state index contributed by atoms with van der Waals surface area (Å²) in [6, 6.07) is 6.10. The van der Waals surface area contributed by atoms with Gasteiger partial charge in [0.25, 0.3) is 0 Å². The predicted octanol–water partition coefficient (Wildman–Crippen LogP) is 1.89. The van der Waals surface area contributed by atoms with Gasteiger partial charge in [-0.05, 0) is 38.9 Å². The van der Waals surface area contributed by atoms with E-state index in [-0.39, 0.29) is 11.0 Å². The summed E-state index contributed by atoms with van der Waals surface area (Å²) in [5.41, 5.74) is 2.47. The highest BCUT2D eigenvalue weighted by atomic mass is 32.2. The minimum atomic E-state index is -2.93. The minimum Gasteiger partial charge on any atom is -0.369 e. The smallest absolute Gasteiger partial charge is 0.170 e. The third-order valence-electron chi connectivity index (χ3n) is 5.03. The quantitative estimate of drug-likeness (QED) is 0.715. The van der Waals surface area contributed by atoms with Crippen molar-refractivity contribution in [3.63, 3.8) is 0 Å². The molecule has 7 heteroatoms. The first-order valence-corrected chi connectivity index (χ1v) is 10.8. The highest BCUT2D eigenvalue weighted by Crippen LogP contribution is 2.33. The van der Waals surface area contributed by atoms with E-state index in [1.807, 2.05) is 12.1 Å². The van der Waals surface area contributed by atoms with E-state index in [0.29, 0.717) is 13.0 Å². The molecule has 0 bridgehead atoms. The van der Waals surface area contributed by atoms with Crippen LogP contribution in [0.3, 0.4) is 0 Å². The van der Waals surface area contributed by atoms with Gasteiger partial charge < -0.3 is 9.79 Å². The topological polar surface area (TPSA) is 59.1 Å². The molecule has 2 aliphatic rings. The zero-order chi connectivity index (χ0) is 17.9. The molecule has 1 fully saturated rings. The summed E-state index contributed by atoms with van der Waals surface area (Å²) >= 11 is 0. The van der Waals surface area contributed by atoms with Crippen LogP contribution in [0.15, 0.2) is 18.2 Å². The molecule has 0 amide bonds. The molecule has 0 N–H and O–H groups in total. The van der Waals surface area contributed by atoms with E-state index in [9.17, 15) is 8.42 Å². The summed E-state index contributed by atoms with van der Waals surface area (Å²) in [7, 11) is -2.93. The normalized spacial score (nSPS) is 18.9. The lowest BCUT2D eigenvalue weighted by Gasteiger charge is -2.37. The molecule has 0 aromatic heterocycles. The molecule has 1 aromatic rings. The van der Waals surface area contributed by atoms with Gasteiger partial charge in [-0.1, -0.05) is 6.07 Å². The van der Waals surface area contributed by atoms with E-state index >= 15 is 0 Å². The third kappa shape index (κ3) is 4.46. The Morgan fingerprint density at radius 1 is 1.16 bits per heavy atom. The summed E-state index contributed by atoms with van der Waals surface area (Å²) in [6.07, 6.45) is 1.59. The lowest BCUT2D eigenvalue weighted by Crippen LogP contribution is -2.47. The van der Waals surface area contributed by atoms with Crippen LogP contribution in [0, 0.1) is 0 Å². The number of anilines is 1.